The molecule has 1 amide bonds. The number of hydrogen-bond donors (Lipinski definition) is 1. The molecular formula is C14H10F2N2O3. The molecule has 0 fully saturated rings. The van der Waals surface area contributed by atoms with E-state index < -0.39 is 12.3 Å². The number of alkyl halides is 2. The summed E-state index contributed by atoms with van der Waals surface area (Å²) in [6, 6.07) is 2.19. The molecule has 2 N–H and O–H groups in total. The van der Waals surface area contributed by atoms with Crippen LogP contribution in [0.15, 0.2) is 12.1 Å². The van der Waals surface area contributed by atoms with Gasteiger partial charge in [-0.25, -0.2) is 4.79 Å². The molecule has 4 rings (SSSR count). The van der Waals surface area contributed by atoms with Gasteiger partial charge in [-0.05, 0) is 37.3 Å². The fourth-order valence-corrected chi connectivity index (χ4v) is 2.98. The molecule has 1 aliphatic carbocycles. The van der Waals surface area contributed by atoms with Crippen LogP contribution >= 0.6 is 0 Å². The maximum atomic E-state index is 13.1. The molecule has 0 unspecified atom stereocenters. The Labute approximate surface area is 118 Å². The number of primary amides is 1. The highest BCUT2D eigenvalue weighted by Gasteiger charge is 2.44. The molecule has 108 valence electrons. The quantitative estimate of drug-likeness (QED) is 0.811. The molecule has 7 heteroatoms. The summed E-state index contributed by atoms with van der Waals surface area (Å²) in [6.45, 7) is 0. The Morgan fingerprint density at radius 1 is 1.33 bits per heavy atom. The molecule has 1 aromatic carbocycles. The van der Waals surface area contributed by atoms with Gasteiger partial charge in [-0.1, -0.05) is 0 Å². The largest absolute Gasteiger partial charge is 0.586 e. The number of aromatic nitrogens is 1. The number of hydrogen-bond acceptors (Lipinski definition) is 3. The van der Waals surface area contributed by atoms with Gasteiger partial charge in [-0.3, -0.25) is 4.57 Å². The van der Waals surface area contributed by atoms with Gasteiger partial charge in [0.15, 0.2) is 11.5 Å². The number of carbonyl (C=O) groups is 1. The summed E-state index contributed by atoms with van der Waals surface area (Å²) in [4.78, 5) is 11.7. The predicted molar refractivity (Wildman–Crippen MR) is 68.4 cm³/mol. The number of ether oxygens (including phenoxy) is 2. The van der Waals surface area contributed by atoms with Crippen molar-refractivity contribution in [2.24, 2.45) is 5.73 Å². The Hall–Kier alpha value is -2.31. The Kier molecular flexibility index (Phi) is 2.29. The van der Waals surface area contributed by atoms with Crippen LogP contribution in [0.1, 0.15) is 17.7 Å². The van der Waals surface area contributed by atoms with Crippen molar-refractivity contribution in [3.63, 3.8) is 0 Å². The van der Waals surface area contributed by atoms with Gasteiger partial charge < -0.3 is 15.2 Å². The summed E-state index contributed by atoms with van der Waals surface area (Å²) in [6.07, 6.45) is 1.40. The lowest BCUT2D eigenvalue weighted by molar-refractivity contribution is -0.286. The van der Waals surface area contributed by atoms with Crippen LogP contribution in [-0.4, -0.2) is 16.9 Å². The van der Waals surface area contributed by atoms with Gasteiger partial charge in [-0.15, -0.1) is 8.78 Å². The van der Waals surface area contributed by atoms with Gasteiger partial charge in [0.25, 0.3) is 0 Å². The predicted octanol–water partition coefficient (Wildman–Crippen LogP) is 2.46. The third kappa shape index (κ3) is 1.69. The Morgan fingerprint density at radius 3 is 2.76 bits per heavy atom. The first-order valence-electron chi connectivity index (χ1n) is 6.43. The first-order chi connectivity index (χ1) is 9.96. The first kappa shape index (κ1) is 12.4. The minimum atomic E-state index is -3.68. The fraction of sp³-hybridized carbons (Fsp3) is 0.286. The van der Waals surface area contributed by atoms with Crippen molar-refractivity contribution in [3.8, 4) is 11.5 Å². The second-order valence-electron chi connectivity index (χ2n) is 5.01. The zero-order chi connectivity index (χ0) is 14.8. The molecule has 1 aromatic heterocycles. The van der Waals surface area contributed by atoms with E-state index >= 15 is 0 Å². The number of carbonyl (C=O) groups excluding carboxylic acids is 1. The molecule has 0 saturated heterocycles. The van der Waals surface area contributed by atoms with Gasteiger partial charge in [-0.2, -0.15) is 0 Å². The average molecular weight is 292 g/mol. The van der Waals surface area contributed by atoms with E-state index in [1.807, 2.05) is 0 Å². The highest BCUT2D eigenvalue weighted by atomic mass is 19.3. The van der Waals surface area contributed by atoms with E-state index in [0.717, 1.165) is 17.7 Å². The first-order valence-corrected chi connectivity index (χ1v) is 6.43. The number of halogens is 2. The van der Waals surface area contributed by atoms with Crippen LogP contribution in [0.3, 0.4) is 0 Å². The maximum Gasteiger partial charge on any atom is 0.586 e. The summed E-state index contributed by atoms with van der Waals surface area (Å²) in [5.41, 5.74) is 7.55. The van der Waals surface area contributed by atoms with Crippen molar-refractivity contribution in [1.29, 1.82) is 0 Å². The lowest BCUT2D eigenvalue weighted by atomic mass is 9.95. The molecule has 1 aliphatic heterocycles. The van der Waals surface area contributed by atoms with Crippen LogP contribution in [-0.2, 0) is 12.8 Å². The van der Waals surface area contributed by atoms with E-state index in [4.69, 9.17) is 5.73 Å². The minimum absolute atomic E-state index is 0.0394. The highest BCUT2D eigenvalue weighted by Crippen LogP contribution is 2.45. The minimum Gasteiger partial charge on any atom is -0.395 e. The lowest BCUT2D eigenvalue weighted by Gasteiger charge is -2.13. The van der Waals surface area contributed by atoms with E-state index in [9.17, 15) is 13.6 Å². The molecular weight excluding hydrogens is 282 g/mol. The maximum absolute atomic E-state index is 13.1. The van der Waals surface area contributed by atoms with Gasteiger partial charge >= 0.3 is 12.3 Å². The van der Waals surface area contributed by atoms with Crippen molar-refractivity contribution in [3.05, 3.63) is 29.8 Å². The molecule has 2 radical (unpaired) electrons. The van der Waals surface area contributed by atoms with E-state index in [0.29, 0.717) is 23.7 Å². The number of nitrogens with zero attached hydrogens (tertiary/aromatic N) is 1. The van der Waals surface area contributed by atoms with Crippen LogP contribution in [0.4, 0.5) is 13.6 Å². The standard InChI is InChI=1S/C14H10F2N2O3/c15-14(16)20-11-5-8-7-3-1-2-4-9(7)18(13(17)19)10(8)6-12(11)21-14/h5-6H,2-4H2,(H2,17,19). The van der Waals surface area contributed by atoms with Crippen LogP contribution in [0.5, 0.6) is 11.5 Å². The molecule has 2 aromatic rings. The fourth-order valence-electron chi connectivity index (χ4n) is 2.98. The van der Waals surface area contributed by atoms with Crippen molar-refractivity contribution in [2.75, 3.05) is 0 Å². The third-order valence-electron chi connectivity index (χ3n) is 3.76. The topological polar surface area (TPSA) is 66.5 Å². The number of nitrogens with two attached hydrogens (primary N) is 1. The molecule has 2 aliphatic rings. The molecule has 5 nitrogen and oxygen atoms in total. The van der Waals surface area contributed by atoms with Gasteiger partial charge in [0.1, 0.15) is 0 Å². The van der Waals surface area contributed by atoms with Crippen LogP contribution in [0, 0.1) is 6.42 Å². The molecule has 0 bridgehead atoms. The van der Waals surface area contributed by atoms with Crippen LogP contribution < -0.4 is 15.2 Å². The summed E-state index contributed by atoms with van der Waals surface area (Å²) in [5.74, 6) is -0.139. The summed E-state index contributed by atoms with van der Waals surface area (Å²) >= 11 is 0. The van der Waals surface area contributed by atoms with Crippen molar-refractivity contribution in [2.45, 2.75) is 25.6 Å². The van der Waals surface area contributed by atoms with Crippen molar-refractivity contribution >= 4 is 16.9 Å². The normalized spacial score (nSPS) is 18.8. The van der Waals surface area contributed by atoms with Crippen LogP contribution in [0.25, 0.3) is 10.9 Å². The zero-order valence-corrected chi connectivity index (χ0v) is 10.8. The third-order valence-corrected chi connectivity index (χ3v) is 3.76. The van der Waals surface area contributed by atoms with E-state index in [1.54, 1.807) is 0 Å². The smallest absolute Gasteiger partial charge is 0.395 e. The second kappa shape index (κ2) is 3.87. The molecule has 2 heterocycles. The second-order valence-corrected chi connectivity index (χ2v) is 5.01. The number of rotatable bonds is 0. The van der Waals surface area contributed by atoms with Crippen LogP contribution in [0.2, 0.25) is 0 Å². The zero-order valence-electron chi connectivity index (χ0n) is 10.8. The number of fused-ring (bicyclic) bond motifs is 4. The summed E-state index contributed by atoms with van der Waals surface area (Å²) < 4.78 is 36.5. The molecule has 0 saturated carbocycles. The number of benzene rings is 1. The van der Waals surface area contributed by atoms with Gasteiger partial charge in [0.05, 0.1) is 5.52 Å². The Bertz CT molecular complexity index is 782. The average Bonchev–Trinajstić information content (AvgIpc) is 2.87. The van der Waals surface area contributed by atoms with E-state index in [-0.39, 0.29) is 11.5 Å². The highest BCUT2D eigenvalue weighted by molar-refractivity contribution is 5.97. The van der Waals surface area contributed by atoms with Crippen molar-refractivity contribution in [1.82, 2.24) is 4.57 Å². The number of amides is 1. The van der Waals surface area contributed by atoms with Crippen molar-refractivity contribution < 1.29 is 23.0 Å². The lowest BCUT2D eigenvalue weighted by Crippen LogP contribution is -2.26. The summed E-state index contributed by atoms with van der Waals surface area (Å²) in [5, 5.41) is 0.663. The van der Waals surface area contributed by atoms with E-state index in [2.05, 4.69) is 15.9 Å². The Morgan fingerprint density at radius 2 is 2.05 bits per heavy atom. The molecule has 0 atom stereocenters. The SMILES string of the molecule is NC(=O)n1c2c(c3cc4c(cc31)OC(F)(F)O4)C[C]CC2. The van der Waals surface area contributed by atoms with E-state index in [1.165, 1.54) is 16.7 Å². The van der Waals surface area contributed by atoms with Gasteiger partial charge in [0.2, 0.25) is 0 Å². The molecule has 21 heavy (non-hydrogen) atoms. The molecule has 0 spiro atoms. The Balaban J connectivity index is 2.02. The van der Waals surface area contributed by atoms with Gasteiger partial charge in [0, 0.05) is 17.1 Å². The summed E-state index contributed by atoms with van der Waals surface area (Å²) in [7, 11) is 0. The monoisotopic (exact) mass is 292 g/mol.